The van der Waals surface area contributed by atoms with E-state index in [0.717, 1.165) is 0 Å². The zero-order valence-corrected chi connectivity index (χ0v) is 6.40. The van der Waals surface area contributed by atoms with Crippen LogP contribution in [0.15, 0.2) is 11.1 Å². The van der Waals surface area contributed by atoms with Gasteiger partial charge in [0, 0.05) is 0 Å². The highest BCUT2D eigenvalue weighted by molar-refractivity contribution is 5.52. The fourth-order valence-electron chi connectivity index (χ4n) is 1.00. The number of nitrogens with one attached hydrogen (secondary N) is 1. The fraction of sp³-hybridized carbons (Fsp3) is 0.167. The predicted octanol–water partition coefficient (Wildman–Crippen LogP) is -0.692. The number of H-pyrrole nitrogens is 1. The summed E-state index contributed by atoms with van der Waals surface area (Å²) in [6.45, 7) is 1.72. The highest BCUT2D eigenvalue weighted by Crippen LogP contribution is 2.00. The van der Waals surface area contributed by atoms with Crippen molar-refractivity contribution in [1.29, 1.82) is 0 Å². The van der Waals surface area contributed by atoms with Crippen molar-refractivity contribution in [2.45, 2.75) is 6.92 Å². The van der Waals surface area contributed by atoms with Gasteiger partial charge in [-0.1, -0.05) is 0 Å². The third-order valence-corrected chi connectivity index (χ3v) is 1.69. The van der Waals surface area contributed by atoms with E-state index in [0.29, 0.717) is 5.69 Å². The molecule has 0 saturated heterocycles. The number of nitrogens with two attached hydrogens (primary N) is 1. The second kappa shape index (κ2) is 2.07. The highest BCUT2D eigenvalue weighted by Gasteiger charge is 2.06. The van der Waals surface area contributed by atoms with E-state index in [1.54, 1.807) is 6.92 Å². The van der Waals surface area contributed by atoms with E-state index < -0.39 is 0 Å². The second-order valence-corrected chi connectivity index (χ2v) is 2.50. The molecule has 2 aromatic heterocycles. The Bertz CT molecular complexity index is 482. The summed E-state index contributed by atoms with van der Waals surface area (Å²) < 4.78 is 1.44. The topological polar surface area (TPSA) is 89.1 Å². The molecule has 2 rings (SSSR count). The van der Waals surface area contributed by atoms with Crippen LogP contribution in [0.4, 0.5) is 5.69 Å². The lowest BCUT2D eigenvalue weighted by Crippen LogP contribution is -2.15. The van der Waals surface area contributed by atoms with Gasteiger partial charge in [0.1, 0.15) is 12.0 Å². The Morgan fingerprint density at radius 1 is 1.67 bits per heavy atom. The number of hydrogen-bond donors (Lipinski definition) is 2. The molecule has 0 radical (unpaired) electrons. The molecule has 0 unspecified atom stereocenters. The standard InChI is InChI=1S/C6H7N5O/c1-3-4(7)5(12)6-9-8-2-11(6)10-3/h2,10H,7H2,1H3. The molecule has 2 heterocycles. The van der Waals surface area contributed by atoms with E-state index in [9.17, 15) is 4.79 Å². The van der Waals surface area contributed by atoms with E-state index in [1.807, 2.05) is 0 Å². The number of fused-ring (bicyclic) bond motifs is 1. The lowest BCUT2D eigenvalue weighted by atomic mass is 10.3. The first-order valence-electron chi connectivity index (χ1n) is 3.38. The van der Waals surface area contributed by atoms with Gasteiger partial charge in [-0.05, 0) is 6.92 Å². The van der Waals surface area contributed by atoms with E-state index in [1.165, 1.54) is 10.8 Å². The van der Waals surface area contributed by atoms with E-state index in [-0.39, 0.29) is 16.8 Å². The Morgan fingerprint density at radius 2 is 2.42 bits per heavy atom. The summed E-state index contributed by atoms with van der Waals surface area (Å²) in [5, 5.41) is 10.0. The minimum Gasteiger partial charge on any atom is -0.394 e. The summed E-state index contributed by atoms with van der Waals surface area (Å²) >= 11 is 0. The zero-order valence-electron chi connectivity index (χ0n) is 6.40. The molecule has 0 aromatic carbocycles. The van der Waals surface area contributed by atoms with Crippen molar-refractivity contribution < 1.29 is 0 Å². The van der Waals surface area contributed by atoms with Gasteiger partial charge in [-0.15, -0.1) is 10.2 Å². The number of anilines is 1. The molecule has 0 bridgehead atoms. The molecule has 12 heavy (non-hydrogen) atoms. The molecular formula is C6H7N5O. The van der Waals surface area contributed by atoms with Gasteiger partial charge in [0.15, 0.2) is 0 Å². The molecule has 0 atom stereocenters. The second-order valence-electron chi connectivity index (χ2n) is 2.50. The molecule has 0 aliphatic heterocycles. The first kappa shape index (κ1) is 6.84. The molecule has 0 saturated carbocycles. The lowest BCUT2D eigenvalue weighted by molar-refractivity contribution is 0.891. The Balaban J connectivity index is 3.05. The molecule has 3 N–H and O–H groups in total. The quantitative estimate of drug-likeness (QED) is 0.540. The third-order valence-electron chi connectivity index (χ3n) is 1.69. The first-order valence-corrected chi connectivity index (χ1v) is 3.38. The lowest BCUT2D eigenvalue weighted by Gasteiger charge is -1.98. The number of nitrogens with zero attached hydrogens (tertiary/aromatic N) is 3. The van der Waals surface area contributed by atoms with Gasteiger partial charge in [0.05, 0.1) is 5.69 Å². The van der Waals surface area contributed by atoms with Crippen LogP contribution >= 0.6 is 0 Å². The van der Waals surface area contributed by atoms with Crippen LogP contribution < -0.4 is 11.2 Å². The average molecular weight is 165 g/mol. The Hall–Kier alpha value is -1.85. The summed E-state index contributed by atoms with van der Waals surface area (Å²) in [6.07, 6.45) is 1.42. The monoisotopic (exact) mass is 165 g/mol. The SMILES string of the molecule is Cc1[nH]n2cnnc2c(=O)c1N. The molecule has 6 nitrogen and oxygen atoms in total. The molecular weight excluding hydrogens is 158 g/mol. The number of aryl methyl sites for hydroxylation is 1. The van der Waals surface area contributed by atoms with Crippen molar-refractivity contribution in [3.8, 4) is 0 Å². The van der Waals surface area contributed by atoms with Crippen molar-refractivity contribution in [1.82, 2.24) is 19.8 Å². The van der Waals surface area contributed by atoms with E-state index >= 15 is 0 Å². The molecule has 2 aromatic rings. The van der Waals surface area contributed by atoms with Crippen LogP contribution in [0, 0.1) is 6.92 Å². The van der Waals surface area contributed by atoms with E-state index in [2.05, 4.69) is 15.3 Å². The van der Waals surface area contributed by atoms with Gasteiger partial charge in [-0.3, -0.25) is 9.89 Å². The number of aromatic nitrogens is 4. The molecule has 62 valence electrons. The summed E-state index contributed by atoms with van der Waals surface area (Å²) in [4.78, 5) is 11.3. The summed E-state index contributed by atoms with van der Waals surface area (Å²) in [5.41, 5.74) is 6.22. The van der Waals surface area contributed by atoms with Crippen molar-refractivity contribution in [3.05, 3.63) is 22.2 Å². The van der Waals surface area contributed by atoms with Crippen LogP contribution in [0.1, 0.15) is 5.69 Å². The van der Waals surface area contributed by atoms with Gasteiger partial charge < -0.3 is 5.73 Å². The van der Waals surface area contributed by atoms with Crippen molar-refractivity contribution in [3.63, 3.8) is 0 Å². The van der Waals surface area contributed by atoms with Gasteiger partial charge in [0.25, 0.3) is 0 Å². The predicted molar refractivity (Wildman–Crippen MR) is 42.8 cm³/mol. The minimum atomic E-state index is -0.288. The normalized spacial score (nSPS) is 10.8. The molecule has 0 amide bonds. The van der Waals surface area contributed by atoms with Gasteiger partial charge in [-0.2, -0.15) is 0 Å². The summed E-state index contributed by atoms with van der Waals surface area (Å²) in [7, 11) is 0. The summed E-state index contributed by atoms with van der Waals surface area (Å²) in [6, 6.07) is 0. The van der Waals surface area contributed by atoms with Crippen LogP contribution in [0.5, 0.6) is 0 Å². The largest absolute Gasteiger partial charge is 0.394 e. The van der Waals surface area contributed by atoms with Crippen molar-refractivity contribution in [2.75, 3.05) is 5.73 Å². The van der Waals surface area contributed by atoms with Crippen LogP contribution in [-0.4, -0.2) is 19.8 Å². The molecule has 6 heteroatoms. The van der Waals surface area contributed by atoms with Crippen molar-refractivity contribution >= 4 is 11.3 Å². The number of rotatable bonds is 0. The van der Waals surface area contributed by atoms with Crippen LogP contribution in [-0.2, 0) is 0 Å². The zero-order chi connectivity index (χ0) is 8.72. The van der Waals surface area contributed by atoms with Gasteiger partial charge in [0.2, 0.25) is 11.1 Å². The number of hydrogen-bond acceptors (Lipinski definition) is 4. The average Bonchev–Trinajstić information content (AvgIpc) is 2.48. The number of nitrogen functional groups attached to an aromatic ring is 1. The first-order chi connectivity index (χ1) is 5.70. The maximum atomic E-state index is 11.3. The number of aromatic amines is 1. The van der Waals surface area contributed by atoms with Gasteiger partial charge in [-0.25, -0.2) is 4.52 Å². The fourth-order valence-corrected chi connectivity index (χ4v) is 1.00. The third kappa shape index (κ3) is 0.714. The summed E-state index contributed by atoms with van der Waals surface area (Å²) in [5.74, 6) is 0. The smallest absolute Gasteiger partial charge is 0.249 e. The Labute approximate surface area is 67.0 Å². The Morgan fingerprint density at radius 3 is 3.17 bits per heavy atom. The molecule has 0 fully saturated rings. The Kier molecular flexibility index (Phi) is 1.18. The maximum absolute atomic E-state index is 11.3. The highest BCUT2D eigenvalue weighted by atomic mass is 16.1. The van der Waals surface area contributed by atoms with E-state index in [4.69, 9.17) is 5.73 Å². The van der Waals surface area contributed by atoms with Crippen molar-refractivity contribution in [2.24, 2.45) is 0 Å². The molecule has 0 aliphatic carbocycles. The maximum Gasteiger partial charge on any atom is 0.249 e. The molecule has 0 aliphatic rings. The van der Waals surface area contributed by atoms with Crippen LogP contribution in [0.3, 0.4) is 0 Å². The minimum absolute atomic E-state index is 0.190. The van der Waals surface area contributed by atoms with Crippen LogP contribution in [0.25, 0.3) is 5.65 Å². The molecule has 0 spiro atoms. The van der Waals surface area contributed by atoms with Gasteiger partial charge >= 0.3 is 0 Å². The van der Waals surface area contributed by atoms with Crippen LogP contribution in [0.2, 0.25) is 0 Å².